The second-order valence-electron chi connectivity index (χ2n) is 6.40. The fourth-order valence-electron chi connectivity index (χ4n) is 3.52. The van der Waals surface area contributed by atoms with Crippen molar-refractivity contribution < 1.29 is 20.1 Å². The SMILES string of the molecule is C.C.OC[C@H]1O[C@@H](n2cnc3c(NC4CCCC4)ncnc32)[C@H](O)[C@H]1O. The lowest BCUT2D eigenvalue weighted by atomic mass is 10.1. The molecule has 2 aromatic rings. The van der Waals surface area contributed by atoms with E-state index in [1.165, 1.54) is 25.5 Å². The van der Waals surface area contributed by atoms with Gasteiger partial charge in [0, 0.05) is 6.04 Å². The molecule has 1 saturated heterocycles. The number of hydrogen-bond acceptors (Lipinski definition) is 8. The first-order valence-corrected chi connectivity index (χ1v) is 8.25. The van der Waals surface area contributed by atoms with Crippen molar-refractivity contribution in [3.05, 3.63) is 12.7 Å². The van der Waals surface area contributed by atoms with E-state index in [1.807, 2.05) is 0 Å². The minimum Gasteiger partial charge on any atom is -0.394 e. The summed E-state index contributed by atoms with van der Waals surface area (Å²) >= 11 is 0. The van der Waals surface area contributed by atoms with Crippen LogP contribution in [0.2, 0.25) is 0 Å². The molecule has 1 saturated carbocycles. The summed E-state index contributed by atoms with van der Waals surface area (Å²) < 4.78 is 7.12. The smallest absolute Gasteiger partial charge is 0.167 e. The molecule has 4 N–H and O–H groups in total. The van der Waals surface area contributed by atoms with Gasteiger partial charge >= 0.3 is 0 Å². The Morgan fingerprint density at radius 3 is 2.50 bits per heavy atom. The number of ether oxygens (including phenoxy) is 1. The van der Waals surface area contributed by atoms with E-state index < -0.39 is 24.5 Å². The van der Waals surface area contributed by atoms with E-state index >= 15 is 0 Å². The third-order valence-electron chi connectivity index (χ3n) is 4.85. The molecule has 0 amide bonds. The molecule has 0 bridgehead atoms. The summed E-state index contributed by atoms with van der Waals surface area (Å²) in [6.07, 6.45) is 3.60. The quantitative estimate of drug-likeness (QED) is 0.632. The number of imidazole rings is 1. The lowest BCUT2D eigenvalue weighted by Gasteiger charge is -2.17. The second-order valence-corrected chi connectivity index (χ2v) is 6.40. The highest BCUT2D eigenvalue weighted by molar-refractivity contribution is 5.82. The van der Waals surface area contributed by atoms with Crippen LogP contribution in [0.15, 0.2) is 12.7 Å². The van der Waals surface area contributed by atoms with Gasteiger partial charge in [-0.15, -0.1) is 0 Å². The minimum atomic E-state index is -1.17. The van der Waals surface area contributed by atoms with E-state index in [9.17, 15) is 15.3 Å². The molecule has 0 unspecified atom stereocenters. The van der Waals surface area contributed by atoms with Crippen molar-refractivity contribution in [1.82, 2.24) is 19.5 Å². The standard InChI is InChI=1S/C15H21N5O4.2CH4/c21-5-9-11(22)12(23)15(24-9)20-7-18-10-13(16-6-17-14(10)20)19-8-3-1-2-4-8;;/h6-9,11-12,15,21-23H,1-5H2,(H,16,17,19);2*1H4/t9-,11+,12-,15-;;/m1../s1. The molecule has 26 heavy (non-hydrogen) atoms. The van der Waals surface area contributed by atoms with Gasteiger partial charge in [0.2, 0.25) is 0 Å². The monoisotopic (exact) mass is 367 g/mol. The molecule has 0 spiro atoms. The third kappa shape index (κ3) is 3.39. The first-order chi connectivity index (χ1) is 11.7. The van der Waals surface area contributed by atoms with Gasteiger partial charge in [-0.2, -0.15) is 0 Å². The predicted molar refractivity (Wildman–Crippen MR) is 97.7 cm³/mol. The second kappa shape index (κ2) is 8.26. The highest BCUT2D eigenvalue weighted by atomic mass is 16.6. The predicted octanol–water partition coefficient (Wildman–Crippen LogP) is 1.06. The Kier molecular flexibility index (Phi) is 6.51. The summed E-state index contributed by atoms with van der Waals surface area (Å²) in [5.41, 5.74) is 1.11. The van der Waals surface area contributed by atoms with Crippen LogP contribution in [-0.4, -0.2) is 65.8 Å². The van der Waals surface area contributed by atoms with Crippen molar-refractivity contribution in [2.45, 2.75) is 71.1 Å². The van der Waals surface area contributed by atoms with E-state index in [0.717, 1.165) is 12.8 Å². The van der Waals surface area contributed by atoms with Gasteiger partial charge in [-0.25, -0.2) is 15.0 Å². The fourth-order valence-corrected chi connectivity index (χ4v) is 3.52. The topological polar surface area (TPSA) is 126 Å². The largest absolute Gasteiger partial charge is 0.394 e. The summed E-state index contributed by atoms with van der Waals surface area (Å²) in [5, 5.41) is 32.8. The molecule has 1 aliphatic heterocycles. The van der Waals surface area contributed by atoms with Gasteiger partial charge in [-0.05, 0) is 12.8 Å². The molecule has 1 aliphatic carbocycles. The number of fused-ring (bicyclic) bond motifs is 1. The number of anilines is 1. The molecule has 4 rings (SSSR count). The minimum absolute atomic E-state index is 0. The molecular weight excluding hydrogens is 338 g/mol. The van der Waals surface area contributed by atoms with Crippen LogP contribution >= 0.6 is 0 Å². The number of hydrogen-bond donors (Lipinski definition) is 4. The summed E-state index contributed by atoms with van der Waals surface area (Å²) in [5.74, 6) is 0.664. The van der Waals surface area contributed by atoms with E-state index in [-0.39, 0.29) is 21.5 Å². The first kappa shape index (κ1) is 20.5. The van der Waals surface area contributed by atoms with Crippen LogP contribution in [0.3, 0.4) is 0 Å². The Bertz CT molecular complexity index is 718. The van der Waals surface area contributed by atoms with E-state index in [0.29, 0.717) is 23.0 Å². The Morgan fingerprint density at radius 2 is 1.85 bits per heavy atom. The Labute approximate surface area is 153 Å². The van der Waals surface area contributed by atoms with Gasteiger partial charge in [0.05, 0.1) is 12.9 Å². The molecule has 0 aromatic carbocycles. The van der Waals surface area contributed by atoms with Gasteiger partial charge in [-0.1, -0.05) is 27.7 Å². The molecule has 9 nitrogen and oxygen atoms in total. The van der Waals surface area contributed by atoms with E-state index in [4.69, 9.17) is 4.74 Å². The van der Waals surface area contributed by atoms with Gasteiger partial charge < -0.3 is 25.4 Å². The van der Waals surface area contributed by atoms with Crippen LogP contribution in [0.5, 0.6) is 0 Å². The lowest BCUT2D eigenvalue weighted by Crippen LogP contribution is -2.33. The molecule has 2 aromatic heterocycles. The van der Waals surface area contributed by atoms with Crippen LogP contribution < -0.4 is 5.32 Å². The zero-order valence-electron chi connectivity index (χ0n) is 13.1. The maximum absolute atomic E-state index is 10.2. The van der Waals surface area contributed by atoms with Crippen LogP contribution in [-0.2, 0) is 4.74 Å². The summed E-state index contributed by atoms with van der Waals surface area (Å²) in [6, 6.07) is 0.391. The van der Waals surface area contributed by atoms with Gasteiger partial charge in [0.1, 0.15) is 24.6 Å². The zero-order chi connectivity index (χ0) is 16.7. The molecule has 0 radical (unpaired) electrons. The first-order valence-electron chi connectivity index (χ1n) is 8.25. The molecule has 146 valence electrons. The number of aromatic nitrogens is 4. The number of nitrogens with one attached hydrogen (secondary N) is 1. The molecule has 3 heterocycles. The maximum Gasteiger partial charge on any atom is 0.167 e. The summed E-state index contributed by atoms with van der Waals surface area (Å²) in [7, 11) is 0. The van der Waals surface area contributed by atoms with Crippen LogP contribution in [0.1, 0.15) is 46.8 Å². The Hall–Kier alpha value is -1.81. The van der Waals surface area contributed by atoms with Gasteiger partial charge in [0.25, 0.3) is 0 Å². The average molecular weight is 367 g/mol. The number of aliphatic hydroxyl groups excluding tert-OH is 3. The Morgan fingerprint density at radius 1 is 1.12 bits per heavy atom. The van der Waals surface area contributed by atoms with Crippen molar-refractivity contribution in [3.63, 3.8) is 0 Å². The van der Waals surface area contributed by atoms with Crippen LogP contribution in [0, 0.1) is 0 Å². The maximum atomic E-state index is 10.2. The van der Waals surface area contributed by atoms with Crippen molar-refractivity contribution in [3.8, 4) is 0 Å². The normalized spacial score (nSPS) is 28.7. The van der Waals surface area contributed by atoms with Crippen molar-refractivity contribution in [2.75, 3.05) is 11.9 Å². The Balaban J connectivity index is 0.00000121. The van der Waals surface area contributed by atoms with Crippen molar-refractivity contribution in [1.29, 1.82) is 0 Å². The summed E-state index contributed by atoms with van der Waals surface area (Å²) in [6.45, 7) is -0.370. The highest BCUT2D eigenvalue weighted by Gasteiger charge is 2.44. The third-order valence-corrected chi connectivity index (χ3v) is 4.85. The lowest BCUT2D eigenvalue weighted by molar-refractivity contribution is -0.0511. The van der Waals surface area contributed by atoms with Crippen molar-refractivity contribution in [2.24, 2.45) is 0 Å². The molecule has 4 atom stereocenters. The van der Waals surface area contributed by atoms with Gasteiger partial charge in [0.15, 0.2) is 23.2 Å². The summed E-state index contributed by atoms with van der Waals surface area (Å²) in [4.78, 5) is 12.9. The van der Waals surface area contributed by atoms with E-state index in [2.05, 4.69) is 20.3 Å². The number of nitrogens with zero attached hydrogens (tertiary/aromatic N) is 4. The van der Waals surface area contributed by atoms with Crippen LogP contribution in [0.4, 0.5) is 5.82 Å². The zero-order valence-corrected chi connectivity index (χ0v) is 13.1. The van der Waals surface area contributed by atoms with Crippen molar-refractivity contribution >= 4 is 17.0 Å². The number of aliphatic hydroxyl groups is 3. The molecule has 2 fully saturated rings. The average Bonchev–Trinajstić information content (AvgIpc) is 3.30. The van der Waals surface area contributed by atoms with E-state index in [1.54, 1.807) is 4.57 Å². The highest BCUT2D eigenvalue weighted by Crippen LogP contribution is 2.32. The molecule has 9 heteroatoms. The van der Waals surface area contributed by atoms with Gasteiger partial charge in [-0.3, -0.25) is 4.57 Å². The molecule has 2 aliphatic rings. The van der Waals surface area contributed by atoms with Crippen LogP contribution in [0.25, 0.3) is 11.2 Å². The fraction of sp³-hybridized carbons (Fsp3) is 0.706. The molecular formula is C17H29N5O4. The number of rotatable bonds is 4.